The Bertz CT molecular complexity index is 394. The average molecular weight is 372 g/mol. The van der Waals surface area contributed by atoms with Crippen molar-refractivity contribution in [2.24, 2.45) is 0 Å². The van der Waals surface area contributed by atoms with Crippen LogP contribution in [0.25, 0.3) is 0 Å². The molecule has 0 saturated heterocycles. The Morgan fingerprint density at radius 1 is 0.875 bits per heavy atom. The number of phosphoric acid groups is 1. The van der Waals surface area contributed by atoms with Crippen molar-refractivity contribution in [2.75, 3.05) is 66.6 Å². The summed E-state index contributed by atoms with van der Waals surface area (Å²) in [5.74, 6) is -0.500. The first-order valence-electron chi connectivity index (χ1n) is 7.14. The van der Waals surface area contributed by atoms with Gasteiger partial charge in [0.05, 0.1) is 72.1 Å². The van der Waals surface area contributed by atoms with E-state index in [9.17, 15) is 9.36 Å². The Morgan fingerprint density at radius 3 is 1.71 bits per heavy atom. The normalized spacial score (nSPS) is 11.5. The van der Waals surface area contributed by atoms with Crippen molar-refractivity contribution >= 4 is 13.8 Å². The van der Waals surface area contributed by atoms with Crippen LogP contribution in [-0.2, 0) is 37.6 Å². The molecule has 0 aliphatic carbocycles. The molecule has 0 spiro atoms. The highest BCUT2D eigenvalue weighted by Gasteiger charge is 2.12. The highest BCUT2D eigenvalue weighted by atomic mass is 31.2. The van der Waals surface area contributed by atoms with E-state index in [-0.39, 0.29) is 32.0 Å². The summed E-state index contributed by atoms with van der Waals surface area (Å²) in [7, 11) is -3.15. The quantitative estimate of drug-likeness (QED) is 0.164. The maximum atomic E-state index is 11.0. The molecule has 11 heteroatoms. The molecule has 0 atom stereocenters. The van der Waals surface area contributed by atoms with Crippen molar-refractivity contribution in [1.82, 2.24) is 0 Å². The largest absolute Gasteiger partial charge is 0.469 e. The van der Waals surface area contributed by atoms with Crippen molar-refractivity contribution in [1.29, 1.82) is 0 Å². The highest BCUT2D eigenvalue weighted by Crippen LogP contribution is 2.35. The third-order valence-electron chi connectivity index (χ3n) is 2.35. The maximum Gasteiger partial charge on any atom is 0.469 e. The molecule has 0 rings (SSSR count). The van der Waals surface area contributed by atoms with Gasteiger partial charge in [0.1, 0.15) is 0 Å². The standard InChI is InChI=1S/C13H25O10P/c1-12(13(14)18-2)11-22-8-7-20-4-3-19-5-6-21-9-10-23-24(15,16)17/h1,3-11H2,2H3,(H2,15,16,17). The molecule has 0 aromatic rings. The molecule has 0 amide bonds. The van der Waals surface area contributed by atoms with E-state index in [0.29, 0.717) is 33.0 Å². The van der Waals surface area contributed by atoms with Crippen LogP contribution in [0.3, 0.4) is 0 Å². The van der Waals surface area contributed by atoms with Gasteiger partial charge >= 0.3 is 13.8 Å². The SMILES string of the molecule is C=C(COCCOCCOCCOCCOP(=O)(O)O)C(=O)OC. The second kappa shape index (κ2) is 14.5. The number of phosphoric ester groups is 1. The smallest absolute Gasteiger partial charge is 0.466 e. The molecule has 0 heterocycles. The maximum absolute atomic E-state index is 11.0. The van der Waals surface area contributed by atoms with Crippen LogP contribution in [0, 0.1) is 0 Å². The first-order chi connectivity index (χ1) is 11.4. The molecule has 142 valence electrons. The predicted octanol–water partition coefficient (Wildman–Crippen LogP) is -0.109. The first kappa shape index (κ1) is 23.2. The topological polar surface area (TPSA) is 130 Å². The van der Waals surface area contributed by atoms with Gasteiger partial charge < -0.3 is 33.5 Å². The molecular formula is C13H25O10P. The summed E-state index contributed by atoms with van der Waals surface area (Å²) in [6.45, 7) is 5.52. The minimum absolute atomic E-state index is 0.0686. The molecule has 0 bridgehead atoms. The van der Waals surface area contributed by atoms with Crippen LogP contribution in [0.2, 0.25) is 0 Å². The number of methoxy groups -OCH3 is 1. The van der Waals surface area contributed by atoms with E-state index in [4.69, 9.17) is 28.7 Å². The lowest BCUT2D eigenvalue weighted by molar-refractivity contribution is -0.136. The van der Waals surface area contributed by atoms with Crippen LogP contribution < -0.4 is 0 Å². The van der Waals surface area contributed by atoms with Gasteiger partial charge in [-0.1, -0.05) is 6.58 Å². The lowest BCUT2D eigenvalue weighted by Gasteiger charge is -2.08. The molecule has 0 fully saturated rings. The highest BCUT2D eigenvalue weighted by molar-refractivity contribution is 7.46. The molecule has 0 aliphatic heterocycles. The zero-order chi connectivity index (χ0) is 18.3. The fourth-order valence-electron chi connectivity index (χ4n) is 1.27. The van der Waals surface area contributed by atoms with E-state index < -0.39 is 13.8 Å². The van der Waals surface area contributed by atoms with Crippen molar-refractivity contribution in [3.8, 4) is 0 Å². The molecule has 24 heavy (non-hydrogen) atoms. The van der Waals surface area contributed by atoms with Crippen LogP contribution in [0.5, 0.6) is 0 Å². The number of ether oxygens (including phenoxy) is 5. The third-order valence-corrected chi connectivity index (χ3v) is 2.87. The Balaban J connectivity index is 3.19. The van der Waals surface area contributed by atoms with Gasteiger partial charge in [0.2, 0.25) is 0 Å². The molecule has 0 aromatic carbocycles. The molecule has 0 unspecified atom stereocenters. The first-order valence-corrected chi connectivity index (χ1v) is 8.67. The van der Waals surface area contributed by atoms with Gasteiger partial charge in [-0.05, 0) is 0 Å². The number of carbonyl (C=O) groups is 1. The molecule has 0 aliphatic rings. The Kier molecular flexibility index (Phi) is 14.0. The van der Waals surface area contributed by atoms with E-state index in [1.807, 2.05) is 0 Å². The number of hydrogen-bond donors (Lipinski definition) is 2. The summed E-state index contributed by atoms with van der Waals surface area (Å²) >= 11 is 0. The zero-order valence-corrected chi connectivity index (χ0v) is 14.6. The Hall–Kier alpha value is -0.840. The second-order valence-corrected chi connectivity index (χ2v) is 5.55. The second-order valence-electron chi connectivity index (χ2n) is 4.31. The summed E-state index contributed by atoms with van der Waals surface area (Å²) in [6.07, 6.45) is 0. The molecule has 0 aromatic heterocycles. The monoisotopic (exact) mass is 372 g/mol. The zero-order valence-electron chi connectivity index (χ0n) is 13.7. The van der Waals surface area contributed by atoms with Gasteiger partial charge in [-0.2, -0.15) is 0 Å². The van der Waals surface area contributed by atoms with E-state index in [1.54, 1.807) is 0 Å². The molecular weight excluding hydrogens is 347 g/mol. The van der Waals surface area contributed by atoms with Gasteiger partial charge in [0.25, 0.3) is 0 Å². The van der Waals surface area contributed by atoms with Crippen LogP contribution >= 0.6 is 7.82 Å². The fourth-order valence-corrected chi connectivity index (χ4v) is 1.59. The Morgan fingerprint density at radius 2 is 1.29 bits per heavy atom. The van der Waals surface area contributed by atoms with E-state index in [2.05, 4.69) is 15.8 Å². The van der Waals surface area contributed by atoms with Crippen molar-refractivity contribution < 1.29 is 47.4 Å². The average Bonchev–Trinajstić information content (AvgIpc) is 2.53. The minimum atomic E-state index is -4.43. The third kappa shape index (κ3) is 16.0. The molecule has 0 radical (unpaired) electrons. The molecule has 10 nitrogen and oxygen atoms in total. The summed E-state index contributed by atoms with van der Waals surface area (Å²) in [5.41, 5.74) is 0.243. The summed E-state index contributed by atoms with van der Waals surface area (Å²) in [4.78, 5) is 27.8. The number of hydrogen-bond acceptors (Lipinski definition) is 8. The van der Waals surface area contributed by atoms with E-state index >= 15 is 0 Å². The fraction of sp³-hybridized carbons (Fsp3) is 0.769. The summed E-state index contributed by atoms with van der Waals surface area (Å²) in [6, 6.07) is 0. The summed E-state index contributed by atoms with van der Waals surface area (Å²) in [5, 5.41) is 0. The summed E-state index contributed by atoms with van der Waals surface area (Å²) < 4.78 is 39.7. The van der Waals surface area contributed by atoms with Gasteiger partial charge in [0, 0.05) is 0 Å². The lowest BCUT2D eigenvalue weighted by Crippen LogP contribution is -2.14. The van der Waals surface area contributed by atoms with Gasteiger partial charge in [0.15, 0.2) is 0 Å². The van der Waals surface area contributed by atoms with E-state index in [0.717, 1.165) is 0 Å². The van der Waals surface area contributed by atoms with Gasteiger partial charge in [-0.15, -0.1) is 0 Å². The predicted molar refractivity (Wildman–Crippen MR) is 82.4 cm³/mol. The minimum Gasteiger partial charge on any atom is -0.466 e. The van der Waals surface area contributed by atoms with Gasteiger partial charge in [-0.3, -0.25) is 4.52 Å². The number of esters is 1. The Labute approximate surface area is 140 Å². The van der Waals surface area contributed by atoms with E-state index in [1.165, 1.54) is 7.11 Å². The van der Waals surface area contributed by atoms with Crippen molar-refractivity contribution in [2.45, 2.75) is 0 Å². The molecule has 2 N–H and O–H groups in total. The van der Waals surface area contributed by atoms with Crippen molar-refractivity contribution in [3.05, 3.63) is 12.2 Å². The lowest BCUT2D eigenvalue weighted by atomic mass is 10.3. The molecule has 0 saturated carbocycles. The number of carbonyl (C=O) groups excluding carboxylic acids is 1. The van der Waals surface area contributed by atoms with Crippen LogP contribution in [-0.4, -0.2) is 82.3 Å². The van der Waals surface area contributed by atoms with Gasteiger partial charge in [-0.25, -0.2) is 9.36 Å². The van der Waals surface area contributed by atoms with Crippen molar-refractivity contribution in [3.63, 3.8) is 0 Å². The van der Waals surface area contributed by atoms with Crippen LogP contribution in [0.15, 0.2) is 12.2 Å². The van der Waals surface area contributed by atoms with Crippen LogP contribution in [0.4, 0.5) is 0 Å². The van der Waals surface area contributed by atoms with Crippen LogP contribution in [0.1, 0.15) is 0 Å². The number of rotatable bonds is 16.